The van der Waals surface area contributed by atoms with Crippen LogP contribution in [0.2, 0.25) is 0 Å². The van der Waals surface area contributed by atoms with Gasteiger partial charge in [-0.3, -0.25) is 4.79 Å². The lowest BCUT2D eigenvalue weighted by atomic mass is 10.1. The quantitative estimate of drug-likeness (QED) is 0.856. The highest BCUT2D eigenvalue weighted by Gasteiger charge is 2.12. The number of rotatable bonds is 5. The minimum atomic E-state index is -0.163. The number of carbonyl (C=O) groups is 1. The zero-order chi connectivity index (χ0) is 13.7. The van der Waals surface area contributed by atoms with E-state index in [0.717, 1.165) is 17.8 Å². The third-order valence-corrected chi connectivity index (χ3v) is 2.60. The number of aryl methyl sites for hydroxylation is 1. The summed E-state index contributed by atoms with van der Waals surface area (Å²) in [5, 5.41) is 9.57. The van der Waals surface area contributed by atoms with E-state index in [1.165, 1.54) is 6.39 Å². The molecule has 0 aliphatic rings. The summed E-state index contributed by atoms with van der Waals surface area (Å²) in [4.78, 5) is 16.0. The van der Waals surface area contributed by atoms with Crippen LogP contribution < -0.4 is 10.6 Å². The van der Waals surface area contributed by atoms with Gasteiger partial charge in [0, 0.05) is 12.2 Å². The van der Waals surface area contributed by atoms with Crippen molar-refractivity contribution in [3.63, 3.8) is 0 Å². The number of hydrogen-bond donors (Lipinski definition) is 2. The van der Waals surface area contributed by atoms with Crippen LogP contribution in [0.25, 0.3) is 0 Å². The molecular formula is C13H16N4O2. The van der Waals surface area contributed by atoms with Gasteiger partial charge in [0.2, 0.25) is 6.39 Å². The summed E-state index contributed by atoms with van der Waals surface area (Å²) < 4.78 is 4.61. The van der Waals surface area contributed by atoms with E-state index < -0.39 is 0 Å². The molecule has 6 nitrogen and oxygen atoms in total. The second kappa shape index (κ2) is 5.99. The molecule has 2 aromatic rings. The minimum Gasteiger partial charge on any atom is -0.385 e. The predicted octanol–water partition coefficient (Wildman–Crippen LogP) is 1.74. The average molecular weight is 260 g/mol. The van der Waals surface area contributed by atoms with Crippen molar-refractivity contribution in [2.45, 2.75) is 20.4 Å². The van der Waals surface area contributed by atoms with Crippen LogP contribution in [0.4, 0.5) is 5.69 Å². The molecule has 0 saturated heterocycles. The number of anilines is 1. The molecule has 2 rings (SSSR count). The number of nitrogens with zero attached hydrogens (tertiary/aromatic N) is 2. The number of hydrogen-bond acceptors (Lipinski definition) is 5. The molecule has 2 N–H and O–H groups in total. The van der Waals surface area contributed by atoms with Crippen LogP contribution in [0.1, 0.15) is 28.7 Å². The molecule has 1 heterocycles. The fourth-order valence-corrected chi connectivity index (χ4v) is 1.72. The Kier molecular flexibility index (Phi) is 4.12. The smallest absolute Gasteiger partial charge is 0.253 e. The predicted molar refractivity (Wildman–Crippen MR) is 70.8 cm³/mol. The van der Waals surface area contributed by atoms with Gasteiger partial charge in [-0.05, 0) is 26.0 Å². The van der Waals surface area contributed by atoms with Gasteiger partial charge in [0.1, 0.15) is 0 Å². The van der Waals surface area contributed by atoms with Gasteiger partial charge in [-0.25, -0.2) is 0 Å². The van der Waals surface area contributed by atoms with Gasteiger partial charge in [0.25, 0.3) is 5.91 Å². The lowest BCUT2D eigenvalue weighted by molar-refractivity contribution is 0.0950. The van der Waals surface area contributed by atoms with Gasteiger partial charge in [-0.2, -0.15) is 4.98 Å². The Hall–Kier alpha value is -2.37. The highest BCUT2D eigenvalue weighted by molar-refractivity contribution is 5.99. The molecule has 0 radical (unpaired) electrons. The SMILES string of the molecule is CCNc1ccc(C)cc1C(=O)NCc1ncon1. The van der Waals surface area contributed by atoms with E-state index in [4.69, 9.17) is 0 Å². The van der Waals surface area contributed by atoms with Crippen molar-refractivity contribution in [3.05, 3.63) is 41.5 Å². The fraction of sp³-hybridized carbons (Fsp3) is 0.308. The van der Waals surface area contributed by atoms with Crippen LogP contribution in [-0.4, -0.2) is 22.6 Å². The van der Waals surface area contributed by atoms with Gasteiger partial charge in [0.05, 0.1) is 12.1 Å². The maximum absolute atomic E-state index is 12.2. The van der Waals surface area contributed by atoms with Crippen molar-refractivity contribution in [3.8, 4) is 0 Å². The van der Waals surface area contributed by atoms with Crippen LogP contribution >= 0.6 is 0 Å². The van der Waals surface area contributed by atoms with Crippen LogP contribution in [0.3, 0.4) is 0 Å². The molecule has 0 aliphatic carbocycles. The molecule has 0 aliphatic heterocycles. The Bertz CT molecular complexity index is 552. The van der Waals surface area contributed by atoms with E-state index >= 15 is 0 Å². The molecule has 0 unspecified atom stereocenters. The summed E-state index contributed by atoms with van der Waals surface area (Å²) in [5.74, 6) is 0.287. The first-order chi connectivity index (χ1) is 9.20. The fourth-order valence-electron chi connectivity index (χ4n) is 1.72. The Morgan fingerprint density at radius 1 is 1.42 bits per heavy atom. The van der Waals surface area contributed by atoms with Crippen LogP contribution in [-0.2, 0) is 6.54 Å². The largest absolute Gasteiger partial charge is 0.385 e. The van der Waals surface area contributed by atoms with Gasteiger partial charge in [0.15, 0.2) is 5.82 Å². The van der Waals surface area contributed by atoms with Crippen molar-refractivity contribution < 1.29 is 9.32 Å². The summed E-state index contributed by atoms with van der Waals surface area (Å²) in [7, 11) is 0. The van der Waals surface area contributed by atoms with E-state index in [-0.39, 0.29) is 12.5 Å². The maximum Gasteiger partial charge on any atom is 0.253 e. The highest BCUT2D eigenvalue weighted by Crippen LogP contribution is 2.17. The molecule has 100 valence electrons. The highest BCUT2D eigenvalue weighted by atomic mass is 16.5. The lowest BCUT2D eigenvalue weighted by Crippen LogP contribution is -2.24. The van der Waals surface area contributed by atoms with Crippen LogP contribution in [0.5, 0.6) is 0 Å². The normalized spacial score (nSPS) is 10.2. The number of aromatic nitrogens is 2. The number of amides is 1. The zero-order valence-electron chi connectivity index (χ0n) is 10.9. The second-order valence-electron chi connectivity index (χ2n) is 4.11. The maximum atomic E-state index is 12.2. The third kappa shape index (κ3) is 3.31. The van der Waals surface area contributed by atoms with E-state index in [0.29, 0.717) is 11.4 Å². The average Bonchev–Trinajstić information content (AvgIpc) is 2.91. The standard InChI is InChI=1S/C13H16N4O2/c1-3-14-11-5-4-9(2)6-10(11)13(18)15-7-12-16-8-19-17-12/h4-6,8,14H,3,7H2,1-2H3,(H,15,18). The molecular weight excluding hydrogens is 244 g/mol. The van der Waals surface area contributed by atoms with Gasteiger partial charge in [-0.15, -0.1) is 0 Å². The number of nitrogens with one attached hydrogen (secondary N) is 2. The van der Waals surface area contributed by atoms with Crippen molar-refractivity contribution >= 4 is 11.6 Å². The van der Waals surface area contributed by atoms with Gasteiger partial charge in [-0.1, -0.05) is 16.8 Å². The van der Waals surface area contributed by atoms with E-state index in [1.54, 1.807) is 0 Å². The van der Waals surface area contributed by atoms with Crippen LogP contribution in [0.15, 0.2) is 29.1 Å². The summed E-state index contributed by atoms with van der Waals surface area (Å²) in [6.07, 6.45) is 1.23. The van der Waals surface area contributed by atoms with Gasteiger partial charge >= 0.3 is 0 Å². The van der Waals surface area contributed by atoms with Crippen molar-refractivity contribution in [2.75, 3.05) is 11.9 Å². The van der Waals surface area contributed by atoms with Gasteiger partial charge < -0.3 is 15.2 Å². The monoisotopic (exact) mass is 260 g/mol. The van der Waals surface area contributed by atoms with E-state index in [2.05, 4.69) is 25.3 Å². The second-order valence-corrected chi connectivity index (χ2v) is 4.11. The first-order valence-corrected chi connectivity index (χ1v) is 6.08. The summed E-state index contributed by atoms with van der Waals surface area (Å²) in [6, 6.07) is 5.72. The minimum absolute atomic E-state index is 0.163. The summed E-state index contributed by atoms with van der Waals surface area (Å²) in [6.45, 7) is 4.94. The van der Waals surface area contributed by atoms with E-state index in [1.807, 2.05) is 32.0 Å². The first kappa shape index (κ1) is 13.1. The molecule has 6 heteroatoms. The molecule has 0 fully saturated rings. The van der Waals surface area contributed by atoms with Crippen molar-refractivity contribution in [1.29, 1.82) is 0 Å². The Balaban J connectivity index is 2.11. The topological polar surface area (TPSA) is 80.0 Å². The molecule has 1 aromatic carbocycles. The Morgan fingerprint density at radius 2 is 2.26 bits per heavy atom. The van der Waals surface area contributed by atoms with Crippen molar-refractivity contribution in [1.82, 2.24) is 15.5 Å². The molecule has 0 saturated carbocycles. The summed E-state index contributed by atoms with van der Waals surface area (Å²) >= 11 is 0. The van der Waals surface area contributed by atoms with Crippen LogP contribution in [0, 0.1) is 6.92 Å². The molecule has 19 heavy (non-hydrogen) atoms. The zero-order valence-corrected chi connectivity index (χ0v) is 10.9. The number of benzene rings is 1. The Morgan fingerprint density at radius 3 is 2.95 bits per heavy atom. The van der Waals surface area contributed by atoms with E-state index in [9.17, 15) is 4.79 Å². The lowest BCUT2D eigenvalue weighted by Gasteiger charge is -2.11. The molecule has 0 spiro atoms. The molecule has 0 bridgehead atoms. The van der Waals surface area contributed by atoms with Crippen molar-refractivity contribution in [2.24, 2.45) is 0 Å². The summed E-state index contributed by atoms with van der Waals surface area (Å²) in [5.41, 5.74) is 2.47. The molecule has 1 aromatic heterocycles. The first-order valence-electron chi connectivity index (χ1n) is 6.08. The number of carbonyl (C=O) groups excluding carboxylic acids is 1. The third-order valence-electron chi connectivity index (χ3n) is 2.60. The molecule has 1 amide bonds. The molecule has 0 atom stereocenters. The Labute approximate surface area is 111 Å².